The highest BCUT2D eigenvalue weighted by Crippen LogP contribution is 2.18. The van der Waals surface area contributed by atoms with Crippen LogP contribution in [0, 0.1) is 5.92 Å². The lowest BCUT2D eigenvalue weighted by atomic mass is 9.96. The highest BCUT2D eigenvalue weighted by atomic mass is 16.5. The smallest absolute Gasteiger partial charge is 0.302 e. The molecule has 0 N–H and O–H groups in total. The summed E-state index contributed by atoms with van der Waals surface area (Å²) in [6.07, 6.45) is 14.6. The summed E-state index contributed by atoms with van der Waals surface area (Å²) in [6.45, 7) is 8.12. The van der Waals surface area contributed by atoms with Gasteiger partial charge in [-0.3, -0.25) is 4.79 Å². The number of carbonyl (C=O) groups is 1. The molecule has 2 atom stereocenters. The molecule has 0 spiro atoms. The Kier molecular flexibility index (Phi) is 13.1. The quantitative estimate of drug-likeness (QED) is 0.311. The van der Waals surface area contributed by atoms with Crippen molar-refractivity contribution in [2.75, 3.05) is 0 Å². The number of esters is 1. The van der Waals surface area contributed by atoms with E-state index in [1.807, 2.05) is 6.92 Å². The van der Waals surface area contributed by atoms with Crippen molar-refractivity contribution in [3.8, 4) is 0 Å². The molecule has 0 aromatic heterocycles. The molecule has 0 rings (SSSR count). The van der Waals surface area contributed by atoms with Crippen LogP contribution in [-0.2, 0) is 9.53 Å². The van der Waals surface area contributed by atoms with E-state index in [2.05, 4.69) is 13.8 Å². The molecule has 0 unspecified atom stereocenters. The largest absolute Gasteiger partial charge is 0.463 e. The highest BCUT2D eigenvalue weighted by molar-refractivity contribution is 5.66. The van der Waals surface area contributed by atoms with Gasteiger partial charge < -0.3 is 4.74 Å². The van der Waals surface area contributed by atoms with Crippen LogP contribution in [0.4, 0.5) is 0 Å². The first-order valence-corrected chi connectivity index (χ1v) is 8.73. The zero-order valence-electron chi connectivity index (χ0n) is 14.2. The number of unbranched alkanes of at least 4 members (excludes halogenated alkanes) is 6. The molecule has 0 bridgehead atoms. The van der Waals surface area contributed by atoms with Crippen LogP contribution in [-0.4, -0.2) is 12.1 Å². The van der Waals surface area contributed by atoms with Crippen LogP contribution in [0.25, 0.3) is 0 Å². The minimum atomic E-state index is -0.158. The van der Waals surface area contributed by atoms with Gasteiger partial charge in [0.15, 0.2) is 0 Å². The van der Waals surface area contributed by atoms with Gasteiger partial charge in [-0.2, -0.15) is 0 Å². The monoisotopic (exact) mass is 284 g/mol. The van der Waals surface area contributed by atoms with Crippen molar-refractivity contribution in [3.63, 3.8) is 0 Å². The van der Waals surface area contributed by atoms with E-state index in [4.69, 9.17) is 4.74 Å². The van der Waals surface area contributed by atoms with E-state index < -0.39 is 0 Å². The molecule has 0 radical (unpaired) electrons. The molecular formula is C18H36O2. The van der Waals surface area contributed by atoms with Crippen LogP contribution < -0.4 is 0 Å². The van der Waals surface area contributed by atoms with Crippen LogP contribution in [0.3, 0.4) is 0 Å². The van der Waals surface area contributed by atoms with Gasteiger partial charge in [-0.25, -0.2) is 0 Å². The highest BCUT2D eigenvalue weighted by Gasteiger charge is 2.06. The minimum Gasteiger partial charge on any atom is -0.463 e. The summed E-state index contributed by atoms with van der Waals surface area (Å²) in [5, 5.41) is 0. The zero-order valence-corrected chi connectivity index (χ0v) is 14.2. The molecule has 0 aromatic rings. The lowest BCUT2D eigenvalue weighted by Crippen LogP contribution is -2.11. The second-order valence-corrected chi connectivity index (χ2v) is 6.37. The van der Waals surface area contributed by atoms with Crippen LogP contribution in [0.1, 0.15) is 98.3 Å². The first-order chi connectivity index (χ1) is 9.56. The number of ether oxygens (including phenoxy) is 1. The third-order valence-electron chi connectivity index (χ3n) is 3.98. The van der Waals surface area contributed by atoms with E-state index in [0.29, 0.717) is 0 Å². The summed E-state index contributed by atoms with van der Waals surface area (Å²) in [5.74, 6) is 0.694. The number of hydrogen-bond acceptors (Lipinski definition) is 2. The summed E-state index contributed by atoms with van der Waals surface area (Å²) in [4.78, 5) is 10.8. The second-order valence-electron chi connectivity index (χ2n) is 6.37. The van der Waals surface area contributed by atoms with Gasteiger partial charge in [0.25, 0.3) is 0 Å². The fourth-order valence-electron chi connectivity index (χ4n) is 2.68. The Morgan fingerprint density at radius 1 is 0.850 bits per heavy atom. The number of rotatable bonds is 13. The summed E-state index contributed by atoms with van der Waals surface area (Å²) in [5.41, 5.74) is 0. The molecule has 0 aliphatic carbocycles. The third-order valence-corrected chi connectivity index (χ3v) is 3.98. The molecule has 0 amide bonds. The van der Waals surface area contributed by atoms with E-state index in [0.717, 1.165) is 12.3 Å². The van der Waals surface area contributed by atoms with Crippen molar-refractivity contribution >= 4 is 5.97 Å². The Hall–Kier alpha value is -0.530. The normalized spacial score (nSPS) is 14.0. The molecule has 0 saturated carbocycles. The molecular weight excluding hydrogens is 248 g/mol. The van der Waals surface area contributed by atoms with Gasteiger partial charge in [0, 0.05) is 6.92 Å². The predicted molar refractivity (Wildman–Crippen MR) is 86.9 cm³/mol. The lowest BCUT2D eigenvalue weighted by Gasteiger charge is -2.13. The molecule has 0 aromatic carbocycles. The molecule has 0 aliphatic rings. The van der Waals surface area contributed by atoms with Gasteiger partial charge in [-0.15, -0.1) is 0 Å². The van der Waals surface area contributed by atoms with E-state index in [9.17, 15) is 4.79 Å². The van der Waals surface area contributed by atoms with Crippen LogP contribution >= 0.6 is 0 Å². The minimum absolute atomic E-state index is 0.0846. The molecule has 0 fully saturated rings. The van der Waals surface area contributed by atoms with E-state index in [1.165, 1.54) is 71.1 Å². The maximum atomic E-state index is 10.8. The molecule has 0 heterocycles. The summed E-state index contributed by atoms with van der Waals surface area (Å²) >= 11 is 0. The van der Waals surface area contributed by atoms with E-state index in [-0.39, 0.29) is 12.1 Å². The standard InChI is InChI=1S/C18H36O2/c1-5-6-7-8-9-10-13-16(2)14-11-12-15-17(3)20-18(4)19/h16-17H,5-15H2,1-4H3/t16-,17-/m0/s1. The van der Waals surface area contributed by atoms with Gasteiger partial charge in [-0.1, -0.05) is 71.6 Å². The van der Waals surface area contributed by atoms with Crippen LogP contribution in [0.15, 0.2) is 0 Å². The van der Waals surface area contributed by atoms with Crippen LogP contribution in [0.5, 0.6) is 0 Å². The SMILES string of the molecule is CCCCCCCC[C@H](C)CCCC[C@H](C)OC(C)=O. The molecule has 0 aliphatic heterocycles. The predicted octanol–water partition coefficient (Wildman–Crippen LogP) is 5.89. The summed E-state index contributed by atoms with van der Waals surface area (Å²) in [6, 6.07) is 0. The molecule has 0 saturated heterocycles. The average molecular weight is 284 g/mol. The maximum absolute atomic E-state index is 10.8. The van der Waals surface area contributed by atoms with Gasteiger partial charge in [0.2, 0.25) is 0 Å². The maximum Gasteiger partial charge on any atom is 0.302 e. The van der Waals surface area contributed by atoms with Crippen molar-refractivity contribution in [1.29, 1.82) is 0 Å². The topological polar surface area (TPSA) is 26.3 Å². The average Bonchev–Trinajstić information content (AvgIpc) is 2.38. The number of hydrogen-bond donors (Lipinski definition) is 0. The molecule has 2 heteroatoms. The van der Waals surface area contributed by atoms with Gasteiger partial charge in [-0.05, 0) is 25.7 Å². The second kappa shape index (κ2) is 13.5. The van der Waals surface area contributed by atoms with Gasteiger partial charge >= 0.3 is 5.97 Å². The zero-order chi connectivity index (χ0) is 15.2. The summed E-state index contributed by atoms with van der Waals surface area (Å²) in [7, 11) is 0. The Morgan fingerprint density at radius 2 is 1.35 bits per heavy atom. The van der Waals surface area contributed by atoms with Crippen LogP contribution in [0.2, 0.25) is 0 Å². The number of carbonyl (C=O) groups excluding carboxylic acids is 1. The Bertz CT molecular complexity index is 225. The van der Waals surface area contributed by atoms with Crippen molar-refractivity contribution < 1.29 is 9.53 Å². The van der Waals surface area contributed by atoms with E-state index in [1.54, 1.807) is 0 Å². The lowest BCUT2D eigenvalue weighted by molar-refractivity contribution is -0.145. The molecule has 120 valence electrons. The Labute approximate surface area is 126 Å². The first kappa shape index (κ1) is 19.5. The van der Waals surface area contributed by atoms with Gasteiger partial charge in [0.1, 0.15) is 0 Å². The Morgan fingerprint density at radius 3 is 1.95 bits per heavy atom. The van der Waals surface area contributed by atoms with Crippen molar-refractivity contribution in [2.24, 2.45) is 5.92 Å². The van der Waals surface area contributed by atoms with Crippen molar-refractivity contribution in [3.05, 3.63) is 0 Å². The molecule has 2 nitrogen and oxygen atoms in total. The fraction of sp³-hybridized carbons (Fsp3) is 0.944. The summed E-state index contributed by atoms with van der Waals surface area (Å²) < 4.78 is 5.13. The third kappa shape index (κ3) is 13.9. The van der Waals surface area contributed by atoms with E-state index >= 15 is 0 Å². The van der Waals surface area contributed by atoms with Crippen molar-refractivity contribution in [1.82, 2.24) is 0 Å². The molecule has 20 heavy (non-hydrogen) atoms. The van der Waals surface area contributed by atoms with Crippen molar-refractivity contribution in [2.45, 2.75) is 104 Å². The fourth-order valence-corrected chi connectivity index (χ4v) is 2.68. The van der Waals surface area contributed by atoms with Gasteiger partial charge in [0.05, 0.1) is 6.10 Å². The Balaban J connectivity index is 3.31. The first-order valence-electron chi connectivity index (χ1n) is 8.73.